The topological polar surface area (TPSA) is 111 Å². The number of hydrogen-bond donors (Lipinski definition) is 2. The lowest BCUT2D eigenvalue weighted by atomic mass is 9.82. The molecule has 1 saturated heterocycles. The smallest absolute Gasteiger partial charge is 0.312 e. The second-order valence-corrected chi connectivity index (χ2v) is 7.48. The van der Waals surface area contributed by atoms with Gasteiger partial charge in [-0.3, -0.25) is 14.4 Å². The van der Waals surface area contributed by atoms with Gasteiger partial charge in [0.05, 0.1) is 64.9 Å². The molecular formula is C18H29N2O7+. The molecule has 2 heterocycles. The first kappa shape index (κ1) is 21.3. The Morgan fingerprint density at radius 1 is 1.11 bits per heavy atom. The zero-order valence-corrected chi connectivity index (χ0v) is 16.1. The van der Waals surface area contributed by atoms with E-state index in [9.17, 15) is 14.4 Å². The number of rotatable bonds is 11. The third-order valence-corrected chi connectivity index (χ3v) is 4.95. The number of carboxylic acid groups (broad SMARTS) is 1. The van der Waals surface area contributed by atoms with E-state index in [1.54, 1.807) is 12.2 Å². The first-order valence-electron chi connectivity index (χ1n) is 9.06. The van der Waals surface area contributed by atoms with Gasteiger partial charge in [-0.05, 0) is 0 Å². The van der Waals surface area contributed by atoms with Gasteiger partial charge >= 0.3 is 11.9 Å². The van der Waals surface area contributed by atoms with E-state index >= 15 is 0 Å². The molecule has 0 aromatic carbocycles. The highest BCUT2D eigenvalue weighted by Gasteiger charge is 2.53. The number of nitrogens with one attached hydrogen (secondary N) is 1. The number of likely N-dealkylation sites (N-methyl/N-ethyl adjacent to an activating group) is 1. The minimum atomic E-state index is -0.842. The van der Waals surface area contributed by atoms with Crippen LogP contribution in [-0.2, 0) is 28.6 Å². The summed E-state index contributed by atoms with van der Waals surface area (Å²) < 4.78 is 16.2. The van der Waals surface area contributed by atoms with Crippen LogP contribution in [0.4, 0.5) is 0 Å². The highest BCUT2D eigenvalue weighted by molar-refractivity contribution is 5.88. The number of carboxylic acids is 1. The van der Waals surface area contributed by atoms with Crippen molar-refractivity contribution in [2.24, 2.45) is 11.8 Å². The normalized spacial score (nSPS) is 26.2. The molecule has 9 heteroatoms. The third kappa shape index (κ3) is 5.75. The van der Waals surface area contributed by atoms with Gasteiger partial charge in [0, 0.05) is 7.11 Å². The molecular weight excluding hydrogens is 356 g/mol. The predicted octanol–water partition coefficient (Wildman–Crippen LogP) is -0.587. The second kappa shape index (κ2) is 9.29. The van der Waals surface area contributed by atoms with Gasteiger partial charge in [-0.1, -0.05) is 12.2 Å². The maximum atomic E-state index is 12.7. The number of esters is 1. The van der Waals surface area contributed by atoms with Gasteiger partial charge in [0.2, 0.25) is 5.91 Å². The number of hydrogen-bond acceptors (Lipinski definition) is 6. The SMILES string of the molecule is COCCOC(=O)C1C(C(=O)NCC[N+](C)(C)CCC(=O)O)[C@@H]2C=C[C@H]1O2. The maximum Gasteiger partial charge on any atom is 0.312 e. The van der Waals surface area contributed by atoms with E-state index < -0.39 is 36.0 Å². The van der Waals surface area contributed by atoms with Crippen LogP contribution in [0.3, 0.4) is 0 Å². The zero-order chi connectivity index (χ0) is 20.0. The average molecular weight is 385 g/mol. The van der Waals surface area contributed by atoms with Crippen molar-refractivity contribution >= 4 is 17.8 Å². The molecule has 4 atom stereocenters. The van der Waals surface area contributed by atoms with Gasteiger partial charge < -0.3 is 29.1 Å². The largest absolute Gasteiger partial charge is 0.481 e. The number of carbonyl (C=O) groups excluding carboxylic acids is 2. The lowest BCUT2D eigenvalue weighted by Crippen LogP contribution is -2.49. The number of carbonyl (C=O) groups is 3. The Morgan fingerprint density at radius 3 is 2.41 bits per heavy atom. The van der Waals surface area contributed by atoms with E-state index in [0.717, 1.165) is 0 Å². The highest BCUT2D eigenvalue weighted by Crippen LogP contribution is 2.39. The molecule has 0 aromatic heterocycles. The molecule has 2 N–H and O–H groups in total. The number of nitrogens with zero attached hydrogens (tertiary/aromatic N) is 1. The van der Waals surface area contributed by atoms with Crippen molar-refractivity contribution in [2.45, 2.75) is 18.6 Å². The summed E-state index contributed by atoms with van der Waals surface area (Å²) in [5.74, 6) is -2.83. The molecule has 2 bridgehead atoms. The van der Waals surface area contributed by atoms with Gasteiger partial charge in [-0.15, -0.1) is 0 Å². The maximum absolute atomic E-state index is 12.7. The van der Waals surface area contributed by atoms with Gasteiger partial charge in [0.25, 0.3) is 0 Å². The predicted molar refractivity (Wildman–Crippen MR) is 94.7 cm³/mol. The standard InChI is InChI=1S/C18H28N2O7/c1-20(2,8-6-14(21)22)9-7-19-17(23)15-12-4-5-13(27-12)16(15)18(24)26-11-10-25-3/h4-5,12-13,15-16H,6-11H2,1-3H3,(H-,19,21,22,23)/p+1/t12-,13+,15?,16?/m0/s1. The molecule has 0 radical (unpaired) electrons. The van der Waals surface area contributed by atoms with Crippen LogP contribution in [-0.4, -0.2) is 93.7 Å². The van der Waals surface area contributed by atoms with E-state index in [0.29, 0.717) is 30.7 Å². The van der Waals surface area contributed by atoms with Crippen LogP contribution in [0, 0.1) is 11.8 Å². The van der Waals surface area contributed by atoms with E-state index in [2.05, 4.69) is 5.32 Å². The molecule has 9 nitrogen and oxygen atoms in total. The van der Waals surface area contributed by atoms with Crippen molar-refractivity contribution in [1.29, 1.82) is 0 Å². The Balaban J connectivity index is 1.87. The fourth-order valence-corrected chi connectivity index (χ4v) is 3.33. The molecule has 0 aromatic rings. The number of fused-ring (bicyclic) bond motifs is 2. The van der Waals surface area contributed by atoms with E-state index in [4.69, 9.17) is 19.3 Å². The van der Waals surface area contributed by atoms with Crippen molar-refractivity contribution in [3.8, 4) is 0 Å². The Hall–Kier alpha value is -1.97. The number of aliphatic carboxylic acids is 1. The van der Waals surface area contributed by atoms with Crippen LogP contribution in [0.1, 0.15) is 6.42 Å². The van der Waals surface area contributed by atoms with Crippen molar-refractivity contribution < 1.29 is 38.2 Å². The number of amides is 1. The zero-order valence-electron chi connectivity index (χ0n) is 16.1. The van der Waals surface area contributed by atoms with Crippen molar-refractivity contribution in [3.63, 3.8) is 0 Å². The molecule has 1 amide bonds. The van der Waals surface area contributed by atoms with Crippen LogP contribution in [0.15, 0.2) is 12.2 Å². The lowest BCUT2D eigenvalue weighted by Gasteiger charge is -2.30. The first-order valence-corrected chi connectivity index (χ1v) is 9.06. The summed E-state index contributed by atoms with van der Waals surface area (Å²) in [6, 6.07) is 0. The van der Waals surface area contributed by atoms with E-state index in [-0.39, 0.29) is 18.9 Å². The molecule has 2 aliphatic rings. The molecule has 27 heavy (non-hydrogen) atoms. The summed E-state index contributed by atoms with van der Waals surface area (Å²) in [6.07, 6.45) is 2.80. The van der Waals surface area contributed by atoms with E-state index in [1.807, 2.05) is 14.1 Å². The average Bonchev–Trinajstić information content (AvgIpc) is 3.21. The lowest BCUT2D eigenvalue weighted by molar-refractivity contribution is -0.888. The molecule has 0 aliphatic carbocycles. The summed E-state index contributed by atoms with van der Waals surface area (Å²) in [5, 5.41) is 11.7. The number of methoxy groups -OCH3 is 1. The Bertz CT molecular complexity index is 590. The minimum absolute atomic E-state index is 0.0708. The molecule has 0 saturated carbocycles. The van der Waals surface area contributed by atoms with Crippen LogP contribution < -0.4 is 5.32 Å². The Morgan fingerprint density at radius 2 is 1.78 bits per heavy atom. The summed E-state index contributed by atoms with van der Waals surface area (Å²) in [7, 11) is 5.34. The Labute approximate surface area is 158 Å². The van der Waals surface area contributed by atoms with Gasteiger partial charge in [-0.25, -0.2) is 0 Å². The quantitative estimate of drug-likeness (QED) is 0.212. The summed E-state index contributed by atoms with van der Waals surface area (Å²) in [4.78, 5) is 35.8. The molecule has 2 aliphatic heterocycles. The van der Waals surface area contributed by atoms with Crippen LogP contribution >= 0.6 is 0 Å². The van der Waals surface area contributed by atoms with Crippen LogP contribution in [0.2, 0.25) is 0 Å². The summed E-state index contributed by atoms with van der Waals surface area (Å²) in [5.41, 5.74) is 0. The second-order valence-electron chi connectivity index (χ2n) is 7.48. The third-order valence-electron chi connectivity index (χ3n) is 4.95. The first-order chi connectivity index (χ1) is 12.7. The van der Waals surface area contributed by atoms with Crippen molar-refractivity contribution in [1.82, 2.24) is 5.32 Å². The van der Waals surface area contributed by atoms with Crippen LogP contribution in [0.25, 0.3) is 0 Å². The molecule has 2 rings (SSSR count). The van der Waals surface area contributed by atoms with Crippen molar-refractivity contribution in [3.05, 3.63) is 12.2 Å². The minimum Gasteiger partial charge on any atom is -0.481 e. The van der Waals surface area contributed by atoms with Crippen LogP contribution in [0.5, 0.6) is 0 Å². The Kier molecular flexibility index (Phi) is 7.34. The highest BCUT2D eigenvalue weighted by atomic mass is 16.6. The van der Waals surface area contributed by atoms with E-state index in [1.165, 1.54) is 7.11 Å². The molecule has 0 spiro atoms. The molecule has 152 valence electrons. The van der Waals surface area contributed by atoms with Crippen molar-refractivity contribution in [2.75, 3.05) is 54.1 Å². The number of ether oxygens (including phenoxy) is 3. The fraction of sp³-hybridized carbons (Fsp3) is 0.722. The number of quaternary nitrogens is 1. The molecule has 1 fully saturated rings. The summed E-state index contributed by atoms with van der Waals surface area (Å²) >= 11 is 0. The van der Waals surface area contributed by atoms with Gasteiger partial charge in [0.1, 0.15) is 12.5 Å². The fourth-order valence-electron chi connectivity index (χ4n) is 3.33. The monoisotopic (exact) mass is 385 g/mol. The van der Waals surface area contributed by atoms with Gasteiger partial charge in [-0.2, -0.15) is 0 Å². The molecule has 2 unspecified atom stereocenters. The summed E-state index contributed by atoms with van der Waals surface area (Å²) in [6.45, 7) is 1.87. The van der Waals surface area contributed by atoms with Gasteiger partial charge in [0.15, 0.2) is 0 Å².